The Bertz CT molecular complexity index is 1830. The van der Waals surface area contributed by atoms with Gasteiger partial charge in [-0.1, -0.05) is 12.1 Å². The van der Waals surface area contributed by atoms with Crippen LogP contribution >= 0.6 is 0 Å². The molecule has 1 amide bonds. The van der Waals surface area contributed by atoms with Gasteiger partial charge >= 0.3 is 6.18 Å². The number of ether oxygens (including phenoxy) is 6. The van der Waals surface area contributed by atoms with Gasteiger partial charge in [-0.05, 0) is 19.4 Å². The Morgan fingerprint density at radius 2 is 1.87 bits per heavy atom. The van der Waals surface area contributed by atoms with E-state index in [1.165, 1.54) is 32.4 Å². The fraction of sp³-hybridized carbons (Fsp3) is 0.571. The van der Waals surface area contributed by atoms with Crippen LogP contribution in [0.4, 0.5) is 13.2 Å². The van der Waals surface area contributed by atoms with Gasteiger partial charge in [0, 0.05) is 62.2 Å². The van der Waals surface area contributed by atoms with Crippen molar-refractivity contribution >= 4 is 17.5 Å². The quantitative estimate of drug-likeness (QED) is 0.207. The molecule has 2 aromatic carbocycles. The van der Waals surface area contributed by atoms with Crippen molar-refractivity contribution in [1.82, 2.24) is 10.2 Å². The Kier molecular flexibility index (Phi) is 9.72. The Balaban J connectivity index is 1.26. The lowest BCUT2D eigenvalue weighted by Gasteiger charge is -2.43. The Labute approximate surface area is 301 Å². The van der Waals surface area contributed by atoms with E-state index in [0.29, 0.717) is 13.2 Å². The number of hydrogen-bond acceptors (Lipinski definition) is 14. The summed E-state index contributed by atoms with van der Waals surface area (Å²) in [6, 6.07) is 1.80. The van der Waals surface area contributed by atoms with Gasteiger partial charge in [0.05, 0.1) is 42.6 Å². The van der Waals surface area contributed by atoms with E-state index < -0.39 is 121 Å². The highest BCUT2D eigenvalue weighted by Gasteiger charge is 2.55. The number of ketones is 2. The third-order valence-corrected chi connectivity index (χ3v) is 10.8. The number of benzene rings is 2. The summed E-state index contributed by atoms with van der Waals surface area (Å²) >= 11 is 0. The average molecular weight is 752 g/mol. The topological polar surface area (TPSA) is 209 Å². The molecule has 15 nitrogen and oxygen atoms in total. The van der Waals surface area contributed by atoms with Crippen LogP contribution in [0.25, 0.3) is 0 Å². The van der Waals surface area contributed by atoms with Crippen LogP contribution in [0.1, 0.15) is 75.3 Å². The number of alkyl halides is 3. The molecule has 288 valence electrons. The lowest BCUT2D eigenvalue weighted by atomic mass is 9.72. The van der Waals surface area contributed by atoms with Gasteiger partial charge in [0.1, 0.15) is 35.0 Å². The maximum atomic E-state index is 14.0. The molecule has 2 aromatic rings. The van der Waals surface area contributed by atoms with Gasteiger partial charge < -0.3 is 54.8 Å². The van der Waals surface area contributed by atoms with Gasteiger partial charge in [0.25, 0.3) is 5.91 Å². The third kappa shape index (κ3) is 6.24. The standard InChI is InChI=1S/C35H40F3N3O12/c1-14-30-17(41-9-10-50-32(49-3)31(41)53-30)11-21(51-14)52-19-13-34(47,33(46)40-8-7-20(39)35(36,37)38)12-16-23(19)29(45)25-24(27(16)43)26(42)15-5-4-6-18(48-2)22(15)28(25)44/h4-6,14,17,19-21,30-32,43,45,47H,7-13,39H2,1-3H3,(H,40,46)/t14-,17-,19-,20?,21-,30+,31+,32-,34-/m0/s1. The molecule has 0 spiro atoms. The number of aromatic hydroxyl groups is 2. The molecule has 0 bridgehead atoms. The van der Waals surface area contributed by atoms with E-state index in [4.69, 9.17) is 34.2 Å². The smallest absolute Gasteiger partial charge is 0.403 e. The molecule has 0 radical (unpaired) electrons. The number of carbonyl (C=O) groups excluding carboxylic acids is 3. The first-order valence-corrected chi connectivity index (χ1v) is 17.2. The van der Waals surface area contributed by atoms with Crippen molar-refractivity contribution < 1.29 is 71.3 Å². The molecule has 7 rings (SSSR count). The van der Waals surface area contributed by atoms with E-state index >= 15 is 0 Å². The number of aliphatic hydroxyl groups is 1. The number of rotatable bonds is 8. The molecule has 2 aliphatic carbocycles. The minimum Gasteiger partial charge on any atom is -0.507 e. The second kappa shape index (κ2) is 13.8. The molecule has 53 heavy (non-hydrogen) atoms. The lowest BCUT2D eigenvalue weighted by Crippen LogP contribution is -2.55. The molecular weight excluding hydrogens is 711 g/mol. The summed E-state index contributed by atoms with van der Waals surface area (Å²) in [7, 11) is 2.81. The van der Waals surface area contributed by atoms with Gasteiger partial charge in [0.2, 0.25) is 5.78 Å². The fourth-order valence-electron chi connectivity index (χ4n) is 8.17. The molecule has 18 heteroatoms. The van der Waals surface area contributed by atoms with Crippen LogP contribution in [-0.4, -0.2) is 126 Å². The van der Waals surface area contributed by atoms with E-state index in [-0.39, 0.29) is 40.5 Å². The number of phenolic OH excluding ortho intramolecular Hbond substituents is 2. The zero-order valence-electron chi connectivity index (χ0n) is 29.0. The largest absolute Gasteiger partial charge is 0.507 e. The molecule has 5 aliphatic rings. The SMILES string of the molecule is COc1cccc2c1C(=O)c1c(O)c3c(c(O)c1C2=O)C[C@@](O)(C(=O)NCCC(N)C(F)(F)F)C[C@@H]3O[C@H]1C[C@H]2[C@H](O[C@@H]3[C@@H](OC)OCCN32)[C@H](C)O1. The van der Waals surface area contributed by atoms with Crippen molar-refractivity contribution in [1.29, 1.82) is 0 Å². The summed E-state index contributed by atoms with van der Waals surface area (Å²) < 4.78 is 74.5. The molecular formula is C35H40F3N3O12. The van der Waals surface area contributed by atoms with E-state index in [1.54, 1.807) is 6.92 Å². The monoisotopic (exact) mass is 751 g/mol. The third-order valence-electron chi connectivity index (χ3n) is 10.8. The first kappa shape index (κ1) is 37.4. The highest BCUT2D eigenvalue weighted by atomic mass is 19.4. The number of nitrogens with two attached hydrogens (primary N) is 1. The summed E-state index contributed by atoms with van der Waals surface area (Å²) in [5.41, 5.74) is 1.01. The zero-order chi connectivity index (χ0) is 38.1. The number of phenols is 2. The number of amides is 1. The first-order chi connectivity index (χ1) is 25.1. The van der Waals surface area contributed by atoms with Crippen molar-refractivity contribution in [2.45, 2.75) is 93.6 Å². The molecule has 3 saturated heterocycles. The summed E-state index contributed by atoms with van der Waals surface area (Å²) in [4.78, 5) is 43.5. The van der Waals surface area contributed by atoms with E-state index in [1.807, 2.05) is 0 Å². The molecule has 0 aromatic heterocycles. The van der Waals surface area contributed by atoms with Crippen molar-refractivity contribution in [2.24, 2.45) is 5.73 Å². The van der Waals surface area contributed by atoms with Crippen molar-refractivity contribution in [3.8, 4) is 17.2 Å². The molecule has 6 N–H and O–H groups in total. The number of halogens is 3. The molecule has 1 unspecified atom stereocenters. The molecule has 3 heterocycles. The van der Waals surface area contributed by atoms with E-state index in [9.17, 15) is 42.9 Å². The Hall–Kier alpha value is -3.88. The van der Waals surface area contributed by atoms with Crippen LogP contribution < -0.4 is 15.8 Å². The van der Waals surface area contributed by atoms with Gasteiger partial charge in [-0.3, -0.25) is 19.3 Å². The molecule has 3 fully saturated rings. The van der Waals surface area contributed by atoms with Crippen LogP contribution in [0.15, 0.2) is 18.2 Å². The van der Waals surface area contributed by atoms with Crippen LogP contribution in [0.5, 0.6) is 17.2 Å². The fourth-order valence-corrected chi connectivity index (χ4v) is 8.17. The van der Waals surface area contributed by atoms with Crippen LogP contribution in [0, 0.1) is 0 Å². The maximum Gasteiger partial charge on any atom is 0.403 e. The lowest BCUT2D eigenvalue weighted by molar-refractivity contribution is -0.256. The summed E-state index contributed by atoms with van der Waals surface area (Å²) in [5.74, 6) is -4.19. The van der Waals surface area contributed by atoms with Gasteiger partial charge in [-0.25, -0.2) is 0 Å². The van der Waals surface area contributed by atoms with Crippen LogP contribution in [0.2, 0.25) is 0 Å². The maximum absolute atomic E-state index is 14.0. The first-order valence-electron chi connectivity index (χ1n) is 17.2. The number of morpholine rings is 1. The number of methoxy groups -OCH3 is 2. The van der Waals surface area contributed by atoms with Crippen molar-refractivity contribution in [3.63, 3.8) is 0 Å². The van der Waals surface area contributed by atoms with Crippen LogP contribution in [-0.2, 0) is 34.9 Å². The van der Waals surface area contributed by atoms with Gasteiger partial charge in [-0.15, -0.1) is 0 Å². The minimum atomic E-state index is -4.72. The predicted molar refractivity (Wildman–Crippen MR) is 173 cm³/mol. The van der Waals surface area contributed by atoms with Gasteiger partial charge in [0.15, 0.2) is 24.6 Å². The summed E-state index contributed by atoms with van der Waals surface area (Å²) in [5, 5.41) is 37.8. The number of carbonyl (C=O) groups is 3. The normalized spacial score (nSPS) is 31.5. The van der Waals surface area contributed by atoms with Crippen molar-refractivity contribution in [3.05, 3.63) is 51.6 Å². The second-order valence-corrected chi connectivity index (χ2v) is 13.9. The molecule has 3 aliphatic heterocycles. The Morgan fingerprint density at radius 3 is 2.57 bits per heavy atom. The predicted octanol–water partition coefficient (Wildman–Crippen LogP) is 1.55. The Morgan fingerprint density at radius 1 is 1.13 bits per heavy atom. The average Bonchev–Trinajstić information content (AvgIpc) is 3.50. The van der Waals surface area contributed by atoms with E-state index in [0.717, 1.165) is 0 Å². The summed E-state index contributed by atoms with van der Waals surface area (Å²) in [6.07, 6.45) is -11.1. The number of hydrogen-bond donors (Lipinski definition) is 5. The van der Waals surface area contributed by atoms with Crippen molar-refractivity contribution in [2.75, 3.05) is 33.9 Å². The summed E-state index contributed by atoms with van der Waals surface area (Å²) in [6.45, 7) is 2.10. The minimum absolute atomic E-state index is 0.0576. The highest BCUT2D eigenvalue weighted by Crippen LogP contribution is 2.53. The van der Waals surface area contributed by atoms with E-state index in [2.05, 4.69) is 10.2 Å². The van der Waals surface area contributed by atoms with Gasteiger partial charge in [-0.2, -0.15) is 13.2 Å². The highest BCUT2D eigenvalue weighted by molar-refractivity contribution is 6.31. The molecule has 0 saturated carbocycles. The number of nitrogens with one attached hydrogen (secondary N) is 1. The second-order valence-electron chi connectivity index (χ2n) is 13.9. The molecule has 9 atom stereocenters. The zero-order valence-corrected chi connectivity index (χ0v) is 29.0. The van der Waals surface area contributed by atoms with Crippen LogP contribution in [0.3, 0.4) is 0 Å². The number of fused-ring (bicyclic) bond motifs is 6. The number of nitrogens with zero attached hydrogens (tertiary/aromatic N) is 1.